The van der Waals surface area contributed by atoms with Crippen molar-refractivity contribution in [3.05, 3.63) is 11.7 Å². The number of rotatable bonds is 9. The molecule has 0 aliphatic heterocycles. The number of carbonyl (C=O) groups excluding carboxylic acids is 1. The summed E-state index contributed by atoms with van der Waals surface area (Å²) in [4.78, 5) is 16.4. The maximum atomic E-state index is 12.0. The molecule has 1 fully saturated rings. The smallest absolute Gasteiger partial charge is 0.226 e. The molecule has 6 nitrogen and oxygen atoms in total. The van der Waals surface area contributed by atoms with Crippen molar-refractivity contribution >= 4 is 18.3 Å². The first-order valence-electron chi connectivity index (χ1n) is 7.96. The van der Waals surface area contributed by atoms with Crippen LogP contribution in [0.25, 0.3) is 0 Å². The van der Waals surface area contributed by atoms with Gasteiger partial charge in [0.05, 0.1) is 5.54 Å². The lowest BCUT2D eigenvalue weighted by atomic mass is 9.92. The summed E-state index contributed by atoms with van der Waals surface area (Å²) in [5.74, 6) is 2.02. The minimum Gasteiger partial charge on any atom is -0.349 e. The van der Waals surface area contributed by atoms with Crippen LogP contribution in [0, 0.1) is 0 Å². The van der Waals surface area contributed by atoms with E-state index in [2.05, 4.69) is 29.3 Å². The van der Waals surface area contributed by atoms with Crippen molar-refractivity contribution in [1.29, 1.82) is 0 Å². The lowest BCUT2D eigenvalue weighted by Crippen LogP contribution is -2.52. The van der Waals surface area contributed by atoms with Crippen LogP contribution in [0.15, 0.2) is 4.52 Å². The fourth-order valence-electron chi connectivity index (χ4n) is 2.40. The average Bonchev–Trinajstić information content (AvgIpc) is 3.25. The lowest BCUT2D eigenvalue weighted by Gasteiger charge is -2.31. The van der Waals surface area contributed by atoms with Crippen LogP contribution < -0.4 is 11.1 Å². The lowest BCUT2D eigenvalue weighted by molar-refractivity contribution is -0.123. The number of nitrogens with one attached hydrogen (secondary N) is 1. The zero-order valence-electron chi connectivity index (χ0n) is 13.4. The standard InChI is InChI=1S/C15H26N4O2.ClH/c1-3-15(4-2,10-16)18-12(20)6-5-7-13-17-14(19-21-13)11-8-9-11;/h11H,3-10,16H2,1-2H3,(H,18,20);1H. The van der Waals surface area contributed by atoms with Crippen LogP contribution in [-0.4, -0.2) is 28.1 Å². The van der Waals surface area contributed by atoms with Gasteiger partial charge < -0.3 is 15.6 Å². The van der Waals surface area contributed by atoms with E-state index in [1.807, 2.05) is 0 Å². The van der Waals surface area contributed by atoms with Crippen LogP contribution in [0.3, 0.4) is 0 Å². The summed E-state index contributed by atoms with van der Waals surface area (Å²) in [6.45, 7) is 4.57. The summed E-state index contributed by atoms with van der Waals surface area (Å²) in [5.41, 5.74) is 5.52. The molecular weight excluding hydrogens is 304 g/mol. The molecule has 0 atom stereocenters. The molecule has 0 aromatic carbocycles. The number of aromatic nitrogens is 2. The predicted molar refractivity (Wildman–Crippen MR) is 87.0 cm³/mol. The van der Waals surface area contributed by atoms with Gasteiger partial charge in [-0.3, -0.25) is 4.79 Å². The molecule has 1 saturated carbocycles. The van der Waals surface area contributed by atoms with Crippen molar-refractivity contribution < 1.29 is 9.32 Å². The van der Waals surface area contributed by atoms with Gasteiger partial charge in [0.2, 0.25) is 11.8 Å². The maximum Gasteiger partial charge on any atom is 0.226 e. The van der Waals surface area contributed by atoms with E-state index in [4.69, 9.17) is 10.3 Å². The molecular formula is C15H27ClN4O2. The summed E-state index contributed by atoms with van der Waals surface area (Å²) in [6.07, 6.45) is 5.85. The Morgan fingerprint density at radius 1 is 1.41 bits per heavy atom. The zero-order valence-corrected chi connectivity index (χ0v) is 14.2. The van der Waals surface area contributed by atoms with E-state index in [-0.39, 0.29) is 23.9 Å². The van der Waals surface area contributed by atoms with Crippen LogP contribution in [0.4, 0.5) is 0 Å². The Bertz CT molecular complexity index is 462. The molecule has 0 saturated heterocycles. The van der Waals surface area contributed by atoms with Crippen LogP contribution in [0.5, 0.6) is 0 Å². The van der Waals surface area contributed by atoms with Crippen molar-refractivity contribution in [3.8, 4) is 0 Å². The van der Waals surface area contributed by atoms with Gasteiger partial charge in [0.15, 0.2) is 5.82 Å². The Morgan fingerprint density at radius 3 is 2.64 bits per heavy atom. The number of amides is 1. The second-order valence-electron chi connectivity index (χ2n) is 5.91. The highest BCUT2D eigenvalue weighted by Crippen LogP contribution is 2.38. The van der Waals surface area contributed by atoms with Crippen LogP contribution >= 0.6 is 12.4 Å². The number of nitrogens with two attached hydrogens (primary N) is 1. The van der Waals surface area contributed by atoms with Crippen LogP contribution in [0.1, 0.15) is 70.0 Å². The Kier molecular flexibility index (Phi) is 7.29. The van der Waals surface area contributed by atoms with E-state index in [1.165, 1.54) is 0 Å². The largest absolute Gasteiger partial charge is 0.349 e. The summed E-state index contributed by atoms with van der Waals surface area (Å²) in [7, 11) is 0. The van der Waals surface area contributed by atoms with Gasteiger partial charge in [-0.2, -0.15) is 4.98 Å². The monoisotopic (exact) mass is 330 g/mol. The molecule has 0 spiro atoms. The molecule has 1 aromatic heterocycles. The molecule has 2 rings (SSSR count). The molecule has 126 valence electrons. The third-order valence-electron chi connectivity index (χ3n) is 4.37. The van der Waals surface area contributed by atoms with Crippen LogP contribution in [0.2, 0.25) is 0 Å². The van der Waals surface area contributed by atoms with Gasteiger partial charge in [-0.25, -0.2) is 0 Å². The molecule has 1 aliphatic rings. The number of hydrogen-bond donors (Lipinski definition) is 2. The number of halogens is 1. The molecule has 0 unspecified atom stereocenters. The van der Waals surface area contributed by atoms with Crippen molar-refractivity contribution in [2.75, 3.05) is 6.54 Å². The van der Waals surface area contributed by atoms with Gasteiger partial charge in [-0.15, -0.1) is 12.4 Å². The minimum atomic E-state index is -0.263. The van der Waals surface area contributed by atoms with Crippen molar-refractivity contribution in [2.24, 2.45) is 5.73 Å². The second kappa shape index (κ2) is 8.48. The highest BCUT2D eigenvalue weighted by Gasteiger charge is 2.29. The SMILES string of the molecule is CCC(CC)(CN)NC(=O)CCCc1nc(C2CC2)no1.Cl. The van der Waals surface area contributed by atoms with E-state index >= 15 is 0 Å². The van der Waals surface area contributed by atoms with Crippen LogP contribution in [-0.2, 0) is 11.2 Å². The molecule has 1 heterocycles. The van der Waals surface area contributed by atoms with Gasteiger partial charge in [0.1, 0.15) is 0 Å². The van der Waals surface area contributed by atoms with E-state index in [0.717, 1.165) is 31.5 Å². The fraction of sp³-hybridized carbons (Fsp3) is 0.800. The van der Waals surface area contributed by atoms with E-state index in [9.17, 15) is 4.79 Å². The van der Waals surface area contributed by atoms with Gasteiger partial charge in [0.25, 0.3) is 0 Å². The summed E-state index contributed by atoms with van der Waals surface area (Å²) in [5, 5.41) is 7.04. The number of aryl methyl sites for hydroxylation is 1. The zero-order chi connectivity index (χ0) is 15.3. The quantitative estimate of drug-likeness (QED) is 0.724. The van der Waals surface area contributed by atoms with E-state index in [1.54, 1.807) is 0 Å². The third kappa shape index (κ3) is 4.95. The first kappa shape index (κ1) is 18.9. The van der Waals surface area contributed by atoms with Gasteiger partial charge in [-0.05, 0) is 32.1 Å². The topological polar surface area (TPSA) is 94.0 Å². The Balaban J connectivity index is 0.00000242. The van der Waals surface area contributed by atoms with E-state index < -0.39 is 0 Å². The van der Waals surface area contributed by atoms with E-state index in [0.29, 0.717) is 37.6 Å². The number of hydrogen-bond acceptors (Lipinski definition) is 5. The van der Waals surface area contributed by atoms with Gasteiger partial charge >= 0.3 is 0 Å². The average molecular weight is 331 g/mol. The van der Waals surface area contributed by atoms with Crippen molar-refractivity contribution in [1.82, 2.24) is 15.5 Å². The molecule has 1 aliphatic carbocycles. The Hall–Kier alpha value is -1.14. The van der Waals surface area contributed by atoms with Crippen molar-refractivity contribution in [3.63, 3.8) is 0 Å². The molecule has 7 heteroatoms. The Labute approximate surface area is 138 Å². The van der Waals surface area contributed by atoms with Crippen molar-refractivity contribution in [2.45, 2.75) is 70.3 Å². The molecule has 22 heavy (non-hydrogen) atoms. The molecule has 3 N–H and O–H groups in total. The number of carbonyl (C=O) groups is 1. The minimum absolute atomic E-state index is 0. The number of nitrogens with zero attached hydrogens (tertiary/aromatic N) is 2. The fourth-order valence-corrected chi connectivity index (χ4v) is 2.40. The maximum absolute atomic E-state index is 12.0. The first-order valence-corrected chi connectivity index (χ1v) is 7.96. The summed E-state index contributed by atoms with van der Waals surface area (Å²) >= 11 is 0. The highest BCUT2D eigenvalue weighted by molar-refractivity contribution is 5.85. The highest BCUT2D eigenvalue weighted by atomic mass is 35.5. The molecule has 0 bridgehead atoms. The first-order chi connectivity index (χ1) is 10.1. The third-order valence-corrected chi connectivity index (χ3v) is 4.37. The van der Waals surface area contributed by atoms with Gasteiger partial charge in [0, 0.05) is 25.3 Å². The predicted octanol–water partition coefficient (Wildman–Crippen LogP) is 2.33. The normalized spacial score (nSPS) is 14.5. The summed E-state index contributed by atoms with van der Waals surface area (Å²) in [6, 6.07) is 0. The summed E-state index contributed by atoms with van der Waals surface area (Å²) < 4.78 is 5.20. The molecule has 0 radical (unpaired) electrons. The molecule has 1 aromatic rings. The second-order valence-corrected chi connectivity index (χ2v) is 5.91. The Morgan fingerprint density at radius 2 is 2.09 bits per heavy atom. The van der Waals surface area contributed by atoms with Gasteiger partial charge in [-0.1, -0.05) is 19.0 Å². The molecule has 1 amide bonds.